The van der Waals surface area contributed by atoms with Gasteiger partial charge in [-0.25, -0.2) is 0 Å². The van der Waals surface area contributed by atoms with Crippen molar-refractivity contribution in [3.05, 3.63) is 69.0 Å². The molecule has 0 saturated heterocycles. The Morgan fingerprint density at radius 2 is 1.61 bits per heavy atom. The van der Waals surface area contributed by atoms with Crippen LogP contribution in [0.15, 0.2) is 46.7 Å². The Kier molecular flexibility index (Phi) is 15.9. The lowest BCUT2D eigenvalue weighted by Gasteiger charge is -2.38. The van der Waals surface area contributed by atoms with Crippen LogP contribution in [0.1, 0.15) is 97.9 Å². The van der Waals surface area contributed by atoms with Crippen molar-refractivity contribution in [3.8, 4) is 11.5 Å². The molecule has 0 fully saturated rings. The summed E-state index contributed by atoms with van der Waals surface area (Å²) in [5.74, 6) is -11.7. The third-order valence-corrected chi connectivity index (χ3v) is 12.2. The van der Waals surface area contributed by atoms with Gasteiger partial charge in [-0.3, -0.25) is 33.6 Å². The molecule has 5 rings (SSSR count). The minimum absolute atomic E-state index is 0.0426. The predicted octanol–water partition coefficient (Wildman–Crippen LogP) is 3.67. The molecule has 3 heterocycles. The molecule has 18 heteroatoms. The molecule has 3 aliphatic heterocycles. The van der Waals surface area contributed by atoms with E-state index in [1.54, 1.807) is 33.8 Å². The molecule has 1 aromatic rings. The molecule has 9 atom stereocenters. The topological polar surface area (TPSA) is 261 Å². The molecule has 0 aromatic heterocycles. The number of benzene rings is 1. The number of fused-ring (bicyclic) bond motifs is 14. The van der Waals surface area contributed by atoms with Crippen molar-refractivity contribution < 1.29 is 72.9 Å². The van der Waals surface area contributed by atoms with E-state index in [2.05, 4.69) is 10.6 Å². The van der Waals surface area contributed by atoms with Gasteiger partial charge in [0.05, 0.1) is 52.6 Å². The highest BCUT2D eigenvalue weighted by molar-refractivity contribution is 8.04. The van der Waals surface area contributed by atoms with Gasteiger partial charge in [0, 0.05) is 74.5 Å². The van der Waals surface area contributed by atoms with E-state index in [4.69, 9.17) is 24.1 Å². The molecular formula is C43H54N2O15S. The molecule has 2 amide bonds. The number of thioether (sulfide) groups is 1. The molecule has 332 valence electrons. The average molecular weight is 871 g/mol. The molecule has 0 spiro atoms. The van der Waals surface area contributed by atoms with E-state index in [9.17, 15) is 48.9 Å². The zero-order valence-electron chi connectivity index (χ0n) is 35.5. The number of Topliss-reactive ketones (excluding diaryl/α,β-unsaturated/α-hetero) is 3. The Hall–Kier alpha value is -5.30. The number of aliphatic carboxylic acids is 1. The number of carboxylic acid groups (broad SMARTS) is 1. The number of allylic oxidation sites excluding steroid dienone is 4. The molecule has 1 aromatic carbocycles. The fourth-order valence-corrected chi connectivity index (χ4v) is 8.38. The fourth-order valence-electron chi connectivity index (χ4n) is 7.45. The van der Waals surface area contributed by atoms with Crippen LogP contribution in [0.3, 0.4) is 0 Å². The number of esters is 1. The molecule has 61 heavy (non-hydrogen) atoms. The Morgan fingerprint density at radius 1 is 0.934 bits per heavy atom. The first-order valence-electron chi connectivity index (χ1n) is 19.7. The second kappa shape index (κ2) is 20.0. The summed E-state index contributed by atoms with van der Waals surface area (Å²) in [4.78, 5) is 92.0. The number of hydrogen-bond acceptors (Lipinski definition) is 15. The molecule has 4 aliphatic rings. The number of carbonyl (C=O) groups is 7. The maximum atomic E-state index is 14.6. The lowest BCUT2D eigenvalue weighted by Crippen LogP contribution is -2.46. The number of nitrogens with one attached hydrogen (secondary N) is 2. The van der Waals surface area contributed by atoms with Crippen LogP contribution >= 0.6 is 11.8 Å². The highest BCUT2D eigenvalue weighted by atomic mass is 32.2. The lowest BCUT2D eigenvalue weighted by atomic mass is 9.78. The first-order chi connectivity index (χ1) is 28.6. The number of ether oxygens (including phenoxy) is 4. The number of carboxylic acids is 1. The summed E-state index contributed by atoms with van der Waals surface area (Å²) in [5, 5.41) is 48.2. The molecule has 9 unspecified atom stereocenters. The summed E-state index contributed by atoms with van der Waals surface area (Å²) in [6, 6.07) is 0. The molecule has 6 N–H and O–H groups in total. The number of hydrogen-bond donors (Lipinski definition) is 6. The van der Waals surface area contributed by atoms with E-state index >= 15 is 0 Å². The number of rotatable bonds is 9. The number of methoxy groups -OCH3 is 1. The van der Waals surface area contributed by atoms with Crippen molar-refractivity contribution >= 4 is 52.9 Å². The number of aliphatic hydroxyl groups is 2. The Bertz CT molecular complexity index is 2090. The number of aliphatic hydroxyl groups excluding tert-OH is 2. The van der Waals surface area contributed by atoms with Gasteiger partial charge in [0.1, 0.15) is 23.3 Å². The van der Waals surface area contributed by atoms with Gasteiger partial charge in [0.15, 0.2) is 0 Å². The van der Waals surface area contributed by atoms with Crippen LogP contribution in [0.5, 0.6) is 11.5 Å². The van der Waals surface area contributed by atoms with Crippen molar-refractivity contribution in [2.75, 3.05) is 19.4 Å². The Labute approximate surface area is 357 Å². The summed E-state index contributed by atoms with van der Waals surface area (Å²) >= 11 is 0.780. The highest BCUT2D eigenvalue weighted by Crippen LogP contribution is 2.49. The number of carbonyl (C=O) groups excluding carboxylic acids is 6. The van der Waals surface area contributed by atoms with Gasteiger partial charge in [0.2, 0.25) is 17.5 Å². The maximum absolute atomic E-state index is 14.6. The van der Waals surface area contributed by atoms with Crippen LogP contribution in [0.4, 0.5) is 0 Å². The lowest BCUT2D eigenvalue weighted by molar-refractivity contribution is -0.160. The van der Waals surface area contributed by atoms with Crippen LogP contribution < -0.4 is 15.4 Å². The second-order valence-corrected chi connectivity index (χ2v) is 16.7. The summed E-state index contributed by atoms with van der Waals surface area (Å²) in [6.45, 7) is 12.0. The molecule has 0 saturated carbocycles. The van der Waals surface area contributed by atoms with Gasteiger partial charge in [-0.05, 0) is 19.9 Å². The van der Waals surface area contributed by atoms with Gasteiger partial charge in [-0.15, -0.1) is 11.8 Å². The number of phenolic OH excluding ortho intramolecular Hbond substituents is 1. The van der Waals surface area contributed by atoms with Crippen molar-refractivity contribution in [1.29, 1.82) is 0 Å². The minimum Gasteiger partial charge on any atom is -0.507 e. The molecule has 17 nitrogen and oxygen atoms in total. The standard InChI is InChI=1S/C43H54N2O15S/c1-19-11-10-12-20(2)42(56)45-32-36(53)30-29(37(54)40(32)61-18-16-44-27(47)13-14-28(48)49)31-39(24(6)35(30)52)60-43(8,41(31)55)58-17-15-26(57-9)21(3)38(59-25(7)46)23(5)34(51)22(4)33(19)50/h10-12,15,17,19,21-23,26,33-34,38,50-52H,13-14,16,18H2,1-9H3,(H,44,47)(H,45,56)(H,48,49)/b11-10+,17-15+,20-12-. The van der Waals surface area contributed by atoms with E-state index in [1.807, 2.05) is 0 Å². The minimum atomic E-state index is -2.15. The van der Waals surface area contributed by atoms with E-state index in [1.165, 1.54) is 53.0 Å². The van der Waals surface area contributed by atoms with E-state index in [0.29, 0.717) is 0 Å². The van der Waals surface area contributed by atoms with Crippen LogP contribution in [0, 0.1) is 30.6 Å². The summed E-state index contributed by atoms with van der Waals surface area (Å²) < 4.78 is 23.3. The van der Waals surface area contributed by atoms with E-state index in [0.717, 1.165) is 18.0 Å². The highest BCUT2D eigenvalue weighted by Gasteiger charge is 2.53. The fraction of sp³-hybridized carbons (Fsp3) is 0.512. The van der Waals surface area contributed by atoms with Crippen LogP contribution in [0.25, 0.3) is 0 Å². The third kappa shape index (κ3) is 10.4. The van der Waals surface area contributed by atoms with Crippen LogP contribution in [-0.4, -0.2) is 111 Å². The Balaban J connectivity index is 1.86. The van der Waals surface area contributed by atoms with Crippen molar-refractivity contribution in [2.45, 2.75) is 98.4 Å². The van der Waals surface area contributed by atoms with Crippen LogP contribution in [0.2, 0.25) is 0 Å². The third-order valence-electron chi connectivity index (χ3n) is 11.1. The van der Waals surface area contributed by atoms with Gasteiger partial charge in [0.25, 0.3) is 11.7 Å². The number of amides is 2. The molecule has 5 bridgehead atoms. The smallest absolute Gasteiger partial charge is 0.312 e. The van der Waals surface area contributed by atoms with E-state index < -0.39 is 124 Å². The molecular weight excluding hydrogens is 817 g/mol. The number of phenols is 1. The van der Waals surface area contributed by atoms with Crippen molar-refractivity contribution in [1.82, 2.24) is 10.6 Å². The average Bonchev–Trinajstić information content (AvgIpc) is 3.47. The Morgan fingerprint density at radius 3 is 2.23 bits per heavy atom. The second-order valence-electron chi connectivity index (χ2n) is 15.6. The van der Waals surface area contributed by atoms with Gasteiger partial charge >= 0.3 is 17.7 Å². The monoisotopic (exact) mass is 870 g/mol. The van der Waals surface area contributed by atoms with E-state index in [-0.39, 0.29) is 46.1 Å². The SMILES string of the molecule is COC1/C=C/OC2(C)Oc3c(C)c(O)c4c(c3C2=O)C(=O)C(SCCNC(=O)CCC(=O)O)=C(NC(=O)/C(C)=C\C=C\C(C)C(O)C(C)C(O)C(C)C(OC(C)=O)C1C)C4=O. The predicted molar refractivity (Wildman–Crippen MR) is 221 cm³/mol. The first kappa shape index (κ1) is 48.4. The maximum Gasteiger partial charge on any atom is 0.312 e. The van der Waals surface area contributed by atoms with Gasteiger partial charge in [-0.2, -0.15) is 0 Å². The summed E-state index contributed by atoms with van der Waals surface area (Å²) in [6.07, 6.45) is 2.31. The van der Waals surface area contributed by atoms with Crippen molar-refractivity contribution in [3.63, 3.8) is 0 Å². The normalized spacial score (nSPS) is 30.4. The summed E-state index contributed by atoms with van der Waals surface area (Å²) in [7, 11) is 1.39. The zero-order chi connectivity index (χ0) is 45.7. The largest absolute Gasteiger partial charge is 0.507 e. The quantitative estimate of drug-likeness (QED) is 0.153. The molecule has 0 radical (unpaired) electrons. The van der Waals surface area contributed by atoms with Crippen molar-refractivity contribution in [2.24, 2.45) is 23.7 Å². The first-order valence-corrected chi connectivity index (χ1v) is 20.7. The zero-order valence-corrected chi connectivity index (χ0v) is 36.3. The summed E-state index contributed by atoms with van der Waals surface area (Å²) in [5.41, 5.74) is -1.88. The molecule has 1 aliphatic carbocycles. The van der Waals surface area contributed by atoms with Gasteiger partial charge in [-0.1, -0.05) is 45.9 Å². The van der Waals surface area contributed by atoms with Gasteiger partial charge < -0.3 is 50.0 Å². The van der Waals surface area contributed by atoms with Crippen LogP contribution in [-0.2, 0) is 33.4 Å². The number of aromatic hydroxyl groups is 1. The number of ketones is 3.